The van der Waals surface area contributed by atoms with Crippen molar-refractivity contribution in [2.24, 2.45) is 11.5 Å². The molecule has 1 amide bonds. The highest BCUT2D eigenvalue weighted by atomic mass is 19.4. The van der Waals surface area contributed by atoms with Crippen molar-refractivity contribution in [1.29, 1.82) is 0 Å². The van der Waals surface area contributed by atoms with Crippen molar-refractivity contribution in [3.63, 3.8) is 0 Å². The van der Waals surface area contributed by atoms with E-state index in [1.54, 1.807) is 11.0 Å². The van der Waals surface area contributed by atoms with Crippen molar-refractivity contribution in [3.05, 3.63) is 77.3 Å². The number of aromatic nitrogens is 2. The van der Waals surface area contributed by atoms with Gasteiger partial charge in [-0.3, -0.25) is 4.79 Å². The molecule has 5 rings (SSSR count). The molecule has 3 heterocycles. The quantitative estimate of drug-likeness (QED) is 0.370. The number of hydrogen-bond donors (Lipinski definition) is 2. The Morgan fingerprint density at radius 1 is 1.05 bits per heavy atom. The Labute approximate surface area is 222 Å². The van der Waals surface area contributed by atoms with Gasteiger partial charge < -0.3 is 25.5 Å². The van der Waals surface area contributed by atoms with Crippen molar-refractivity contribution < 1.29 is 27.1 Å². The van der Waals surface area contributed by atoms with Gasteiger partial charge in [0.25, 0.3) is 5.91 Å². The van der Waals surface area contributed by atoms with Crippen molar-refractivity contribution in [2.75, 3.05) is 26.7 Å². The predicted octanol–water partition coefficient (Wildman–Crippen LogP) is 4.51. The fourth-order valence-electron chi connectivity index (χ4n) is 5.16. The maximum Gasteiger partial charge on any atom is 0.433 e. The van der Waals surface area contributed by atoms with Crippen LogP contribution in [-0.4, -0.2) is 47.5 Å². The number of carbonyl (C=O) groups is 1. The number of amides is 1. The Morgan fingerprint density at radius 2 is 1.77 bits per heavy atom. The minimum atomic E-state index is -4.62. The number of nitrogens with two attached hydrogens (primary N) is 2. The second-order valence-electron chi connectivity index (χ2n) is 9.54. The zero-order chi connectivity index (χ0) is 27.8. The van der Waals surface area contributed by atoms with Crippen molar-refractivity contribution in [2.45, 2.75) is 31.0 Å². The van der Waals surface area contributed by atoms with Gasteiger partial charge in [-0.1, -0.05) is 30.3 Å². The number of ether oxygens (including phenoxy) is 1. The van der Waals surface area contributed by atoms with Crippen LogP contribution >= 0.6 is 0 Å². The summed E-state index contributed by atoms with van der Waals surface area (Å²) in [6.45, 7) is 1.35. The lowest BCUT2D eigenvalue weighted by molar-refractivity contribution is -0.140. The van der Waals surface area contributed by atoms with Gasteiger partial charge in [-0.2, -0.15) is 13.2 Å². The van der Waals surface area contributed by atoms with Gasteiger partial charge in [0, 0.05) is 36.0 Å². The molecule has 0 unspecified atom stereocenters. The molecule has 39 heavy (non-hydrogen) atoms. The normalized spacial score (nSPS) is 15.5. The Balaban J connectivity index is 1.46. The molecule has 0 aliphatic carbocycles. The average molecular weight is 540 g/mol. The molecule has 1 aliphatic heterocycles. The van der Waals surface area contributed by atoms with E-state index in [9.17, 15) is 18.0 Å². The van der Waals surface area contributed by atoms with Crippen LogP contribution in [0.2, 0.25) is 0 Å². The zero-order valence-electron chi connectivity index (χ0n) is 21.3. The number of oxazole rings is 1. The molecule has 0 radical (unpaired) electrons. The predicted molar refractivity (Wildman–Crippen MR) is 139 cm³/mol. The maximum absolute atomic E-state index is 13.5. The second kappa shape index (κ2) is 10.3. The van der Waals surface area contributed by atoms with Crippen molar-refractivity contribution in [1.82, 2.24) is 14.9 Å². The number of carbonyl (C=O) groups excluding carboxylic acids is 1. The number of nitrogens with zero attached hydrogens (tertiary/aromatic N) is 3. The molecule has 4 aromatic rings. The Morgan fingerprint density at radius 3 is 2.38 bits per heavy atom. The maximum atomic E-state index is 13.5. The van der Waals surface area contributed by atoms with Gasteiger partial charge in [0.1, 0.15) is 17.0 Å². The summed E-state index contributed by atoms with van der Waals surface area (Å²) < 4.78 is 51.1. The summed E-state index contributed by atoms with van der Waals surface area (Å²) >= 11 is 0. The third kappa shape index (κ3) is 4.83. The lowest BCUT2D eigenvalue weighted by Crippen LogP contribution is -2.48. The molecule has 2 aromatic heterocycles. The molecular weight excluding hydrogens is 511 g/mol. The standard InChI is InChI=1S/C28H28F3N5O3/c1-38-20-9-7-19(18-8-10-22(28(29,30)31)34-23(18)20)25-35-24(21(15-32)39-25)26(37)36-13-11-27(16-33,12-14-36)17-5-3-2-4-6-17/h2-10H,11-16,32-33H2,1H3. The van der Waals surface area contributed by atoms with Crippen LogP contribution in [0.25, 0.3) is 22.4 Å². The number of pyridine rings is 1. The number of piperidine rings is 1. The first-order chi connectivity index (χ1) is 18.7. The lowest BCUT2D eigenvalue weighted by Gasteiger charge is -2.41. The van der Waals surface area contributed by atoms with Crippen LogP contribution in [0.3, 0.4) is 0 Å². The summed E-state index contributed by atoms with van der Waals surface area (Å²) in [4.78, 5) is 23.5. The van der Waals surface area contributed by atoms with Crippen LogP contribution in [0.4, 0.5) is 13.2 Å². The summed E-state index contributed by atoms with van der Waals surface area (Å²) in [7, 11) is 1.35. The molecule has 8 nitrogen and oxygen atoms in total. The molecule has 1 fully saturated rings. The topological polar surface area (TPSA) is 120 Å². The number of hydrogen-bond acceptors (Lipinski definition) is 7. The van der Waals surface area contributed by atoms with Crippen LogP contribution in [0.15, 0.2) is 59.0 Å². The fourth-order valence-corrected chi connectivity index (χ4v) is 5.16. The van der Waals surface area contributed by atoms with Gasteiger partial charge >= 0.3 is 6.18 Å². The van der Waals surface area contributed by atoms with E-state index in [2.05, 4.69) is 22.1 Å². The Kier molecular flexibility index (Phi) is 7.04. The van der Waals surface area contributed by atoms with E-state index in [1.807, 2.05) is 18.2 Å². The number of halogens is 3. The molecule has 0 saturated carbocycles. The third-order valence-electron chi connectivity index (χ3n) is 7.43. The summed E-state index contributed by atoms with van der Waals surface area (Å²) in [5.74, 6) is 0.0967. The highest BCUT2D eigenvalue weighted by Crippen LogP contribution is 2.38. The number of rotatable bonds is 6. The number of likely N-dealkylation sites (tertiary alicyclic amines) is 1. The monoisotopic (exact) mass is 539 g/mol. The van der Waals surface area contributed by atoms with Crippen LogP contribution in [0.1, 0.15) is 40.3 Å². The second-order valence-corrected chi connectivity index (χ2v) is 9.54. The number of methoxy groups -OCH3 is 1. The minimum absolute atomic E-state index is 0.000247. The van der Waals surface area contributed by atoms with E-state index in [-0.39, 0.29) is 46.5 Å². The number of benzene rings is 2. The average Bonchev–Trinajstić information content (AvgIpc) is 3.40. The molecule has 2 aromatic carbocycles. The first-order valence-electron chi connectivity index (χ1n) is 12.5. The van der Waals surface area contributed by atoms with Gasteiger partial charge in [-0.05, 0) is 42.7 Å². The van der Waals surface area contributed by atoms with Gasteiger partial charge in [-0.25, -0.2) is 9.97 Å². The highest BCUT2D eigenvalue weighted by molar-refractivity contribution is 5.98. The van der Waals surface area contributed by atoms with Crippen molar-refractivity contribution >= 4 is 16.8 Å². The molecule has 0 atom stereocenters. The van der Waals surface area contributed by atoms with Crippen molar-refractivity contribution in [3.8, 4) is 17.2 Å². The number of fused-ring (bicyclic) bond motifs is 1. The first kappa shape index (κ1) is 26.6. The summed E-state index contributed by atoms with van der Waals surface area (Å²) in [6.07, 6.45) is -3.24. The molecule has 1 aliphatic rings. The van der Waals surface area contributed by atoms with E-state index in [0.29, 0.717) is 43.4 Å². The van der Waals surface area contributed by atoms with Crippen LogP contribution < -0.4 is 16.2 Å². The molecule has 11 heteroatoms. The molecule has 1 saturated heterocycles. The van der Waals surface area contributed by atoms with Crippen LogP contribution in [-0.2, 0) is 18.1 Å². The van der Waals surface area contributed by atoms with E-state index >= 15 is 0 Å². The van der Waals surface area contributed by atoms with Crippen LogP contribution in [0, 0.1) is 0 Å². The molecule has 0 bridgehead atoms. The van der Waals surface area contributed by atoms with Gasteiger partial charge in [0.15, 0.2) is 11.5 Å². The van der Waals surface area contributed by atoms with E-state index in [1.165, 1.54) is 19.2 Å². The Hall–Kier alpha value is -3.96. The molecule has 4 N–H and O–H groups in total. The highest BCUT2D eigenvalue weighted by Gasteiger charge is 2.38. The summed E-state index contributed by atoms with van der Waals surface area (Å²) in [5, 5.41) is 0.333. The summed E-state index contributed by atoms with van der Waals surface area (Å²) in [5.41, 5.74) is 12.4. The van der Waals surface area contributed by atoms with Gasteiger partial charge in [0.2, 0.25) is 5.89 Å². The van der Waals surface area contributed by atoms with E-state index in [4.69, 9.17) is 20.6 Å². The molecular formula is C28H28F3N5O3. The number of alkyl halides is 3. The Bertz CT molecular complexity index is 1500. The summed E-state index contributed by atoms with van der Waals surface area (Å²) in [6, 6.07) is 15.3. The van der Waals surface area contributed by atoms with E-state index < -0.39 is 11.9 Å². The third-order valence-corrected chi connectivity index (χ3v) is 7.43. The molecule has 0 spiro atoms. The fraction of sp³-hybridized carbons (Fsp3) is 0.321. The SMILES string of the molecule is COc1ccc(-c2nc(C(=O)N3CCC(CN)(c4ccccc4)CC3)c(CN)o2)c2ccc(C(F)(F)F)nc12. The largest absolute Gasteiger partial charge is 0.494 e. The van der Waals surface area contributed by atoms with Crippen LogP contribution in [0.5, 0.6) is 5.75 Å². The lowest BCUT2D eigenvalue weighted by atomic mass is 9.73. The molecule has 204 valence electrons. The smallest absolute Gasteiger partial charge is 0.433 e. The minimum Gasteiger partial charge on any atom is -0.494 e. The van der Waals surface area contributed by atoms with E-state index in [0.717, 1.165) is 11.6 Å². The zero-order valence-corrected chi connectivity index (χ0v) is 21.3. The first-order valence-corrected chi connectivity index (χ1v) is 12.5. The van der Waals surface area contributed by atoms with Gasteiger partial charge in [-0.15, -0.1) is 0 Å². The van der Waals surface area contributed by atoms with Gasteiger partial charge in [0.05, 0.1) is 13.7 Å².